The summed E-state index contributed by atoms with van der Waals surface area (Å²) >= 11 is 0. The van der Waals surface area contributed by atoms with Gasteiger partial charge in [-0.2, -0.15) is 0 Å². The average Bonchev–Trinajstić information content (AvgIpc) is 2.67. The van der Waals surface area contributed by atoms with Gasteiger partial charge in [-0.3, -0.25) is 4.79 Å². The van der Waals surface area contributed by atoms with E-state index in [1.807, 2.05) is 38.1 Å². The van der Waals surface area contributed by atoms with E-state index < -0.39 is 10.0 Å². The molecule has 0 saturated carbocycles. The summed E-state index contributed by atoms with van der Waals surface area (Å²) in [6, 6.07) is 7.87. The van der Waals surface area contributed by atoms with Crippen LogP contribution >= 0.6 is 0 Å². The van der Waals surface area contributed by atoms with Gasteiger partial charge in [0.1, 0.15) is 0 Å². The van der Waals surface area contributed by atoms with E-state index in [9.17, 15) is 13.2 Å². The zero-order valence-electron chi connectivity index (χ0n) is 11.7. The van der Waals surface area contributed by atoms with Gasteiger partial charge in [-0.15, -0.1) is 0 Å². The second-order valence-electron chi connectivity index (χ2n) is 5.48. The number of nitrogens with zero attached hydrogens (tertiary/aromatic N) is 1. The van der Waals surface area contributed by atoms with Gasteiger partial charge in [0.25, 0.3) is 0 Å². The van der Waals surface area contributed by atoms with E-state index in [1.54, 1.807) is 4.90 Å². The number of amides is 1. The summed E-state index contributed by atoms with van der Waals surface area (Å²) < 4.78 is 22.3. The summed E-state index contributed by atoms with van der Waals surface area (Å²) in [6.07, 6.45) is 0.257. The lowest BCUT2D eigenvalue weighted by atomic mass is 10.0. The third kappa shape index (κ3) is 3.37. The number of benzene rings is 1. The molecule has 0 aliphatic carbocycles. The Balaban J connectivity index is 2.14. The van der Waals surface area contributed by atoms with Gasteiger partial charge in [0, 0.05) is 18.9 Å². The highest BCUT2D eigenvalue weighted by Crippen LogP contribution is 2.30. The lowest BCUT2D eigenvalue weighted by molar-refractivity contribution is -0.129. The molecule has 2 unspecified atom stereocenters. The van der Waals surface area contributed by atoms with Crippen molar-refractivity contribution in [1.29, 1.82) is 0 Å². The molecule has 1 saturated heterocycles. The first-order chi connectivity index (χ1) is 9.28. The minimum Gasteiger partial charge on any atom is -0.336 e. The first kappa shape index (κ1) is 15.0. The van der Waals surface area contributed by atoms with Crippen LogP contribution in [0.25, 0.3) is 0 Å². The van der Waals surface area contributed by atoms with Gasteiger partial charge in [-0.05, 0) is 25.0 Å². The minimum atomic E-state index is -3.53. The van der Waals surface area contributed by atoms with Crippen molar-refractivity contribution < 1.29 is 13.2 Å². The number of carbonyl (C=O) groups excluding carboxylic acids is 1. The molecule has 1 amide bonds. The molecule has 110 valence electrons. The molecule has 0 bridgehead atoms. The van der Waals surface area contributed by atoms with E-state index >= 15 is 0 Å². The quantitative estimate of drug-likeness (QED) is 0.906. The second-order valence-corrected chi connectivity index (χ2v) is 7.14. The summed E-state index contributed by atoms with van der Waals surface area (Å²) in [5, 5.41) is 5.06. The molecule has 0 spiro atoms. The number of aryl methyl sites for hydroxylation is 1. The van der Waals surface area contributed by atoms with E-state index in [0.29, 0.717) is 6.54 Å². The molecule has 1 fully saturated rings. The van der Waals surface area contributed by atoms with Gasteiger partial charge in [0.15, 0.2) is 0 Å². The number of rotatable bonds is 4. The van der Waals surface area contributed by atoms with Crippen LogP contribution in [0.15, 0.2) is 24.3 Å². The van der Waals surface area contributed by atoms with E-state index in [4.69, 9.17) is 5.14 Å². The molecule has 0 radical (unpaired) electrons. The fourth-order valence-corrected chi connectivity index (χ4v) is 3.73. The van der Waals surface area contributed by atoms with Crippen LogP contribution in [-0.4, -0.2) is 31.5 Å². The molecule has 1 aromatic carbocycles. The van der Waals surface area contributed by atoms with Crippen molar-refractivity contribution in [2.45, 2.75) is 26.3 Å². The number of hydrogen-bond acceptors (Lipinski definition) is 3. The van der Waals surface area contributed by atoms with Crippen molar-refractivity contribution in [2.75, 3.05) is 12.3 Å². The highest BCUT2D eigenvalue weighted by Gasteiger charge is 2.35. The van der Waals surface area contributed by atoms with Gasteiger partial charge in [-0.1, -0.05) is 24.3 Å². The average molecular weight is 296 g/mol. The third-order valence-electron chi connectivity index (χ3n) is 3.81. The Labute approximate surface area is 119 Å². The van der Waals surface area contributed by atoms with E-state index in [-0.39, 0.29) is 30.0 Å². The van der Waals surface area contributed by atoms with Crippen molar-refractivity contribution in [3.8, 4) is 0 Å². The molecule has 1 aliphatic rings. The number of sulfonamides is 1. The van der Waals surface area contributed by atoms with E-state index in [1.165, 1.54) is 0 Å². The molecular formula is C14H20N2O3S. The molecular weight excluding hydrogens is 276 g/mol. The number of nitrogens with two attached hydrogens (primary N) is 1. The maximum absolute atomic E-state index is 12.1. The van der Waals surface area contributed by atoms with E-state index in [0.717, 1.165) is 11.1 Å². The van der Waals surface area contributed by atoms with Crippen LogP contribution in [0.2, 0.25) is 0 Å². The van der Waals surface area contributed by atoms with Gasteiger partial charge in [0.05, 0.1) is 11.8 Å². The maximum atomic E-state index is 12.1. The first-order valence-electron chi connectivity index (χ1n) is 6.63. The Kier molecular flexibility index (Phi) is 4.15. The lowest BCUT2D eigenvalue weighted by Crippen LogP contribution is -2.30. The molecule has 6 heteroatoms. The maximum Gasteiger partial charge on any atom is 0.223 e. The minimum absolute atomic E-state index is 0.00518. The highest BCUT2D eigenvalue weighted by atomic mass is 32.2. The summed E-state index contributed by atoms with van der Waals surface area (Å²) in [4.78, 5) is 13.8. The number of likely N-dealkylation sites (tertiary alicyclic amines) is 1. The number of hydrogen-bond donors (Lipinski definition) is 1. The Morgan fingerprint density at radius 3 is 2.65 bits per heavy atom. The van der Waals surface area contributed by atoms with Crippen LogP contribution < -0.4 is 5.14 Å². The molecule has 0 aromatic heterocycles. The van der Waals surface area contributed by atoms with Crippen LogP contribution in [0.5, 0.6) is 0 Å². The Morgan fingerprint density at radius 2 is 2.05 bits per heavy atom. The lowest BCUT2D eigenvalue weighted by Gasteiger charge is -2.26. The Morgan fingerprint density at radius 1 is 1.40 bits per heavy atom. The largest absolute Gasteiger partial charge is 0.336 e. The van der Waals surface area contributed by atoms with Crippen LogP contribution in [0.1, 0.15) is 30.5 Å². The zero-order chi connectivity index (χ0) is 14.9. The monoisotopic (exact) mass is 296 g/mol. The van der Waals surface area contributed by atoms with Gasteiger partial charge >= 0.3 is 0 Å². The number of carbonyl (C=O) groups is 1. The predicted molar refractivity (Wildman–Crippen MR) is 77.4 cm³/mol. The molecule has 20 heavy (non-hydrogen) atoms. The van der Waals surface area contributed by atoms with Crippen LogP contribution in [0, 0.1) is 12.8 Å². The van der Waals surface area contributed by atoms with Crippen LogP contribution in [-0.2, 0) is 14.8 Å². The Hall–Kier alpha value is -1.40. The van der Waals surface area contributed by atoms with Crippen molar-refractivity contribution in [2.24, 2.45) is 11.1 Å². The molecule has 2 rings (SSSR count). The predicted octanol–water partition coefficient (Wildman–Crippen LogP) is 1.19. The standard InChI is InChI=1S/C14H20N2O3S/c1-10-5-3-4-6-13(10)11(2)16-8-12(7-14(16)17)9-20(15,18)19/h3-6,11-12H,7-9H2,1-2H3,(H2,15,18,19). The van der Waals surface area contributed by atoms with Gasteiger partial charge < -0.3 is 4.90 Å². The molecule has 2 N–H and O–H groups in total. The second kappa shape index (κ2) is 5.54. The SMILES string of the molecule is Cc1ccccc1C(C)N1CC(CS(N)(=O)=O)CC1=O. The van der Waals surface area contributed by atoms with Gasteiger partial charge in [0.2, 0.25) is 15.9 Å². The third-order valence-corrected chi connectivity index (χ3v) is 4.75. The van der Waals surface area contributed by atoms with Crippen LogP contribution in [0.4, 0.5) is 0 Å². The topological polar surface area (TPSA) is 80.5 Å². The first-order valence-corrected chi connectivity index (χ1v) is 8.35. The normalized spacial score (nSPS) is 21.2. The summed E-state index contributed by atoms with van der Waals surface area (Å²) in [5.74, 6) is -0.339. The summed E-state index contributed by atoms with van der Waals surface area (Å²) in [5.41, 5.74) is 2.22. The van der Waals surface area contributed by atoms with Crippen molar-refractivity contribution in [1.82, 2.24) is 4.90 Å². The fourth-order valence-electron chi connectivity index (χ4n) is 2.85. The fraction of sp³-hybridized carbons (Fsp3) is 0.500. The Bertz CT molecular complexity index is 613. The van der Waals surface area contributed by atoms with Crippen LogP contribution in [0.3, 0.4) is 0 Å². The molecule has 1 aromatic rings. The molecule has 1 heterocycles. The zero-order valence-corrected chi connectivity index (χ0v) is 12.6. The van der Waals surface area contributed by atoms with E-state index in [2.05, 4.69) is 0 Å². The van der Waals surface area contributed by atoms with Crippen molar-refractivity contribution >= 4 is 15.9 Å². The van der Waals surface area contributed by atoms with Gasteiger partial charge in [-0.25, -0.2) is 13.6 Å². The highest BCUT2D eigenvalue weighted by molar-refractivity contribution is 7.89. The smallest absolute Gasteiger partial charge is 0.223 e. The number of primary sulfonamides is 1. The molecule has 2 atom stereocenters. The van der Waals surface area contributed by atoms with Crippen molar-refractivity contribution in [3.63, 3.8) is 0 Å². The summed E-state index contributed by atoms with van der Waals surface area (Å²) in [6.45, 7) is 4.43. The molecule has 1 aliphatic heterocycles. The molecule has 5 nitrogen and oxygen atoms in total. The summed E-state index contributed by atoms with van der Waals surface area (Å²) in [7, 11) is -3.53. The van der Waals surface area contributed by atoms with Crippen molar-refractivity contribution in [3.05, 3.63) is 35.4 Å².